The minimum absolute atomic E-state index is 0.537. The molecule has 1 N–H and O–H groups in total. The van der Waals surface area contributed by atoms with Crippen molar-refractivity contribution >= 4 is 0 Å². The van der Waals surface area contributed by atoms with Gasteiger partial charge in [-0.15, -0.1) is 0 Å². The minimum Gasteiger partial charge on any atom is -0.309 e. The SMILES string of the molecule is CC1CCCCN1CC1NCCc2ccccc21. The third-order valence-corrected chi connectivity index (χ3v) is 4.57. The third kappa shape index (κ3) is 2.45. The van der Waals surface area contributed by atoms with Crippen LogP contribution in [0.1, 0.15) is 43.4 Å². The maximum absolute atomic E-state index is 3.70. The summed E-state index contributed by atoms with van der Waals surface area (Å²) in [6, 6.07) is 10.2. The molecule has 2 nitrogen and oxygen atoms in total. The maximum atomic E-state index is 3.70. The number of benzene rings is 1. The van der Waals surface area contributed by atoms with Crippen molar-refractivity contribution in [2.24, 2.45) is 0 Å². The maximum Gasteiger partial charge on any atom is 0.0452 e. The fourth-order valence-corrected chi connectivity index (χ4v) is 3.42. The van der Waals surface area contributed by atoms with Gasteiger partial charge in [-0.05, 0) is 50.4 Å². The lowest BCUT2D eigenvalue weighted by molar-refractivity contribution is 0.143. The summed E-state index contributed by atoms with van der Waals surface area (Å²) in [5, 5.41) is 3.70. The monoisotopic (exact) mass is 244 g/mol. The summed E-state index contributed by atoms with van der Waals surface area (Å²) in [7, 11) is 0. The number of nitrogens with zero attached hydrogens (tertiary/aromatic N) is 1. The molecular formula is C16H24N2. The van der Waals surface area contributed by atoms with Gasteiger partial charge in [-0.2, -0.15) is 0 Å². The third-order valence-electron chi connectivity index (χ3n) is 4.57. The van der Waals surface area contributed by atoms with Gasteiger partial charge in [0.25, 0.3) is 0 Å². The first-order valence-corrected chi connectivity index (χ1v) is 7.40. The van der Waals surface area contributed by atoms with E-state index >= 15 is 0 Å². The van der Waals surface area contributed by atoms with Crippen LogP contribution in [0.25, 0.3) is 0 Å². The molecule has 0 aliphatic carbocycles. The van der Waals surface area contributed by atoms with Gasteiger partial charge < -0.3 is 5.32 Å². The average molecular weight is 244 g/mol. The second-order valence-electron chi connectivity index (χ2n) is 5.80. The van der Waals surface area contributed by atoms with Crippen molar-refractivity contribution in [3.8, 4) is 0 Å². The highest BCUT2D eigenvalue weighted by Gasteiger charge is 2.25. The second-order valence-corrected chi connectivity index (χ2v) is 5.80. The molecule has 0 spiro atoms. The highest BCUT2D eigenvalue weighted by Crippen LogP contribution is 2.26. The Hall–Kier alpha value is -0.860. The summed E-state index contributed by atoms with van der Waals surface area (Å²) in [5.41, 5.74) is 3.08. The van der Waals surface area contributed by atoms with Crippen molar-refractivity contribution in [2.75, 3.05) is 19.6 Å². The second kappa shape index (κ2) is 5.41. The van der Waals surface area contributed by atoms with E-state index in [1.807, 2.05) is 0 Å². The van der Waals surface area contributed by atoms with E-state index in [1.54, 1.807) is 5.56 Å². The molecular weight excluding hydrogens is 220 g/mol. The van der Waals surface area contributed by atoms with Gasteiger partial charge in [-0.1, -0.05) is 30.7 Å². The van der Waals surface area contributed by atoms with Gasteiger partial charge in [0.15, 0.2) is 0 Å². The number of rotatable bonds is 2. The first-order valence-electron chi connectivity index (χ1n) is 7.40. The van der Waals surface area contributed by atoms with Gasteiger partial charge >= 0.3 is 0 Å². The van der Waals surface area contributed by atoms with Crippen LogP contribution in [0.2, 0.25) is 0 Å². The van der Waals surface area contributed by atoms with Gasteiger partial charge in [0, 0.05) is 18.6 Å². The predicted octanol–water partition coefficient (Wildman–Crippen LogP) is 2.75. The molecule has 2 atom stereocenters. The molecule has 0 radical (unpaired) electrons. The lowest BCUT2D eigenvalue weighted by Gasteiger charge is -2.38. The van der Waals surface area contributed by atoms with E-state index in [-0.39, 0.29) is 0 Å². The van der Waals surface area contributed by atoms with E-state index in [0.29, 0.717) is 6.04 Å². The van der Waals surface area contributed by atoms with Gasteiger partial charge in [0.05, 0.1) is 0 Å². The Labute approximate surface area is 110 Å². The number of likely N-dealkylation sites (tertiary alicyclic amines) is 1. The average Bonchev–Trinajstić information content (AvgIpc) is 2.42. The normalized spacial score (nSPS) is 28.9. The van der Waals surface area contributed by atoms with E-state index in [1.165, 1.54) is 44.3 Å². The molecule has 2 aliphatic heterocycles. The molecule has 2 aliphatic rings. The van der Waals surface area contributed by atoms with Crippen LogP contribution in [-0.2, 0) is 6.42 Å². The Kier molecular flexibility index (Phi) is 3.67. The number of hydrogen-bond acceptors (Lipinski definition) is 2. The lowest BCUT2D eigenvalue weighted by atomic mass is 9.93. The zero-order valence-corrected chi connectivity index (χ0v) is 11.4. The standard InChI is InChI=1S/C16H24N2/c1-13-6-4-5-11-18(13)12-16-15-8-3-2-7-14(15)9-10-17-16/h2-3,7-8,13,16-17H,4-6,9-12H2,1H3. The molecule has 2 heterocycles. The smallest absolute Gasteiger partial charge is 0.0452 e. The lowest BCUT2D eigenvalue weighted by Crippen LogP contribution is -2.44. The van der Waals surface area contributed by atoms with Crippen LogP contribution in [0.4, 0.5) is 0 Å². The number of nitrogens with one attached hydrogen (secondary N) is 1. The molecule has 3 rings (SSSR count). The van der Waals surface area contributed by atoms with E-state index < -0.39 is 0 Å². The van der Waals surface area contributed by atoms with Crippen molar-refractivity contribution in [1.29, 1.82) is 0 Å². The molecule has 0 aromatic heterocycles. The molecule has 1 saturated heterocycles. The molecule has 1 aromatic rings. The van der Waals surface area contributed by atoms with Crippen molar-refractivity contribution in [3.63, 3.8) is 0 Å². The van der Waals surface area contributed by atoms with Gasteiger partial charge in [0.1, 0.15) is 0 Å². The van der Waals surface area contributed by atoms with Gasteiger partial charge in [0.2, 0.25) is 0 Å². The van der Waals surface area contributed by atoms with Crippen molar-refractivity contribution in [1.82, 2.24) is 10.2 Å². The molecule has 1 aromatic carbocycles. The summed E-state index contributed by atoms with van der Waals surface area (Å²) in [5.74, 6) is 0. The topological polar surface area (TPSA) is 15.3 Å². The molecule has 2 unspecified atom stereocenters. The quantitative estimate of drug-likeness (QED) is 0.860. The Morgan fingerprint density at radius 1 is 1.28 bits per heavy atom. The van der Waals surface area contributed by atoms with Crippen LogP contribution in [0, 0.1) is 0 Å². The largest absolute Gasteiger partial charge is 0.309 e. The van der Waals surface area contributed by atoms with Crippen molar-refractivity contribution in [3.05, 3.63) is 35.4 Å². The van der Waals surface area contributed by atoms with Gasteiger partial charge in [-0.25, -0.2) is 0 Å². The number of piperidine rings is 1. The first kappa shape index (κ1) is 12.2. The number of fused-ring (bicyclic) bond motifs is 1. The molecule has 0 saturated carbocycles. The van der Waals surface area contributed by atoms with Crippen LogP contribution in [-0.4, -0.2) is 30.6 Å². The first-order chi connectivity index (χ1) is 8.84. The summed E-state index contributed by atoms with van der Waals surface area (Å²) in [6.45, 7) is 5.97. The molecule has 0 amide bonds. The fraction of sp³-hybridized carbons (Fsp3) is 0.625. The Balaban J connectivity index is 1.73. The van der Waals surface area contributed by atoms with E-state index in [4.69, 9.17) is 0 Å². The molecule has 98 valence electrons. The van der Waals surface area contributed by atoms with E-state index in [0.717, 1.165) is 12.6 Å². The van der Waals surface area contributed by atoms with E-state index in [2.05, 4.69) is 41.4 Å². The Morgan fingerprint density at radius 2 is 2.17 bits per heavy atom. The van der Waals surface area contributed by atoms with Crippen molar-refractivity contribution in [2.45, 2.75) is 44.7 Å². The van der Waals surface area contributed by atoms with Crippen LogP contribution in [0.3, 0.4) is 0 Å². The Bertz CT molecular complexity index is 402. The zero-order valence-electron chi connectivity index (χ0n) is 11.4. The molecule has 18 heavy (non-hydrogen) atoms. The van der Waals surface area contributed by atoms with Crippen LogP contribution in [0.15, 0.2) is 24.3 Å². The summed E-state index contributed by atoms with van der Waals surface area (Å²) in [4.78, 5) is 2.67. The molecule has 2 heteroatoms. The van der Waals surface area contributed by atoms with Crippen LogP contribution < -0.4 is 5.32 Å². The summed E-state index contributed by atoms with van der Waals surface area (Å²) >= 11 is 0. The Morgan fingerprint density at radius 3 is 3.06 bits per heavy atom. The van der Waals surface area contributed by atoms with Crippen molar-refractivity contribution < 1.29 is 0 Å². The van der Waals surface area contributed by atoms with Crippen LogP contribution in [0.5, 0.6) is 0 Å². The summed E-state index contributed by atoms with van der Waals surface area (Å²) in [6.07, 6.45) is 5.33. The van der Waals surface area contributed by atoms with Gasteiger partial charge in [-0.3, -0.25) is 4.90 Å². The predicted molar refractivity (Wildman–Crippen MR) is 75.8 cm³/mol. The minimum atomic E-state index is 0.537. The zero-order chi connectivity index (χ0) is 12.4. The highest BCUT2D eigenvalue weighted by molar-refractivity contribution is 5.32. The fourth-order valence-electron chi connectivity index (χ4n) is 3.42. The number of hydrogen-bond donors (Lipinski definition) is 1. The van der Waals surface area contributed by atoms with E-state index in [9.17, 15) is 0 Å². The highest BCUT2D eigenvalue weighted by atomic mass is 15.2. The van der Waals surface area contributed by atoms with Crippen LogP contribution >= 0.6 is 0 Å². The molecule has 0 bridgehead atoms. The summed E-state index contributed by atoms with van der Waals surface area (Å²) < 4.78 is 0. The molecule has 1 fully saturated rings.